The van der Waals surface area contributed by atoms with Gasteiger partial charge in [0.1, 0.15) is 0 Å². The predicted octanol–water partition coefficient (Wildman–Crippen LogP) is 4.80. The van der Waals surface area contributed by atoms with Gasteiger partial charge in [0, 0.05) is 30.3 Å². The van der Waals surface area contributed by atoms with E-state index in [-0.39, 0.29) is 23.9 Å². The van der Waals surface area contributed by atoms with Crippen LogP contribution in [0.25, 0.3) is 0 Å². The number of nitrogens with one attached hydrogen (secondary N) is 2. The van der Waals surface area contributed by atoms with Crippen LogP contribution in [0.15, 0.2) is 66.9 Å². The van der Waals surface area contributed by atoms with Gasteiger partial charge in [-0.1, -0.05) is 48.5 Å². The highest BCUT2D eigenvalue weighted by atomic mass is 19.3. The van der Waals surface area contributed by atoms with E-state index in [4.69, 9.17) is 5.11 Å². The Balaban J connectivity index is 1.51. The molecule has 2 heterocycles. The smallest absolute Gasteiger partial charge is 0.307 e. The topological polar surface area (TPSA) is 74.2 Å². The molecule has 0 aliphatic carbocycles. The number of carboxylic acids is 1. The van der Waals surface area contributed by atoms with Gasteiger partial charge < -0.3 is 15.7 Å². The van der Waals surface area contributed by atoms with Crippen molar-refractivity contribution in [1.82, 2.24) is 10.3 Å². The van der Waals surface area contributed by atoms with Crippen LogP contribution in [-0.2, 0) is 24.1 Å². The first-order valence-corrected chi connectivity index (χ1v) is 11.1. The van der Waals surface area contributed by atoms with E-state index in [1.807, 2.05) is 30.3 Å². The number of carbonyl (C=O) groups is 1. The van der Waals surface area contributed by atoms with Crippen molar-refractivity contribution in [3.63, 3.8) is 0 Å². The van der Waals surface area contributed by atoms with E-state index in [1.165, 1.54) is 12.1 Å². The summed E-state index contributed by atoms with van der Waals surface area (Å²) in [5.41, 5.74) is 4.18. The summed E-state index contributed by atoms with van der Waals surface area (Å²) in [4.78, 5) is 15.6. The minimum atomic E-state index is -2.60. The SMILES string of the molecule is O=C(O)Cc1ccc(C(F)F)c(CCN[C@H](c2ccccc2)[C@H]2CNc3cccnc3C2)c1. The van der Waals surface area contributed by atoms with Crippen LogP contribution in [-0.4, -0.2) is 29.1 Å². The van der Waals surface area contributed by atoms with E-state index >= 15 is 0 Å². The highest BCUT2D eigenvalue weighted by Crippen LogP contribution is 2.31. The summed E-state index contributed by atoms with van der Waals surface area (Å²) in [6.45, 7) is 1.27. The Bertz CT molecular complexity index is 1090. The molecule has 2 atom stereocenters. The maximum Gasteiger partial charge on any atom is 0.307 e. The first-order valence-electron chi connectivity index (χ1n) is 11.1. The fourth-order valence-corrected chi connectivity index (χ4v) is 4.51. The van der Waals surface area contributed by atoms with Gasteiger partial charge in [0.15, 0.2) is 0 Å². The number of anilines is 1. The zero-order chi connectivity index (χ0) is 23.2. The molecular formula is C26H27F2N3O2. The molecule has 4 rings (SSSR count). The summed E-state index contributed by atoms with van der Waals surface area (Å²) in [6.07, 6.45) is 0.201. The van der Waals surface area contributed by atoms with Crippen LogP contribution in [0.5, 0.6) is 0 Å². The molecule has 0 amide bonds. The molecule has 7 heteroatoms. The van der Waals surface area contributed by atoms with Crippen molar-refractivity contribution in [1.29, 1.82) is 0 Å². The number of aliphatic carboxylic acids is 1. The zero-order valence-corrected chi connectivity index (χ0v) is 18.2. The van der Waals surface area contributed by atoms with E-state index in [0.29, 0.717) is 24.1 Å². The molecule has 1 aliphatic rings. The molecule has 0 spiro atoms. The fourth-order valence-electron chi connectivity index (χ4n) is 4.51. The normalized spacial score (nSPS) is 16.2. The van der Waals surface area contributed by atoms with Crippen LogP contribution in [0.4, 0.5) is 14.5 Å². The maximum atomic E-state index is 13.6. The highest BCUT2D eigenvalue weighted by Gasteiger charge is 2.28. The second-order valence-electron chi connectivity index (χ2n) is 8.34. The second kappa shape index (κ2) is 10.5. The molecule has 5 nitrogen and oxygen atoms in total. The number of rotatable bonds is 9. The first kappa shape index (κ1) is 22.9. The predicted molar refractivity (Wildman–Crippen MR) is 124 cm³/mol. The van der Waals surface area contributed by atoms with Gasteiger partial charge in [-0.2, -0.15) is 0 Å². The van der Waals surface area contributed by atoms with Gasteiger partial charge >= 0.3 is 5.97 Å². The third kappa shape index (κ3) is 5.73. The molecule has 33 heavy (non-hydrogen) atoms. The molecule has 1 aromatic heterocycles. The molecule has 0 fully saturated rings. The number of aromatic nitrogens is 1. The van der Waals surface area contributed by atoms with E-state index in [9.17, 15) is 13.6 Å². The molecule has 172 valence electrons. The van der Waals surface area contributed by atoms with Crippen molar-refractivity contribution in [2.45, 2.75) is 31.7 Å². The van der Waals surface area contributed by atoms with Crippen molar-refractivity contribution < 1.29 is 18.7 Å². The molecule has 3 aromatic rings. The molecule has 1 aliphatic heterocycles. The number of carboxylic acid groups (broad SMARTS) is 1. The highest BCUT2D eigenvalue weighted by molar-refractivity contribution is 5.70. The molecule has 2 aromatic carbocycles. The van der Waals surface area contributed by atoms with E-state index in [1.54, 1.807) is 12.3 Å². The third-order valence-corrected chi connectivity index (χ3v) is 6.09. The van der Waals surface area contributed by atoms with Crippen LogP contribution < -0.4 is 10.6 Å². The maximum absolute atomic E-state index is 13.6. The van der Waals surface area contributed by atoms with Gasteiger partial charge in [0.2, 0.25) is 0 Å². The second-order valence-corrected chi connectivity index (χ2v) is 8.34. The van der Waals surface area contributed by atoms with Gasteiger partial charge in [0.25, 0.3) is 6.43 Å². The Morgan fingerprint density at radius 3 is 2.73 bits per heavy atom. The number of hydrogen-bond donors (Lipinski definition) is 3. The van der Waals surface area contributed by atoms with Crippen LogP contribution in [0.2, 0.25) is 0 Å². The lowest BCUT2D eigenvalue weighted by Crippen LogP contribution is -2.37. The van der Waals surface area contributed by atoms with Gasteiger partial charge in [-0.05, 0) is 48.2 Å². The number of alkyl halides is 2. The van der Waals surface area contributed by atoms with E-state index < -0.39 is 12.4 Å². The van der Waals surface area contributed by atoms with Crippen molar-refractivity contribution in [2.75, 3.05) is 18.4 Å². The standard InChI is InChI=1S/C26H27F2N3O2/c27-26(28)21-9-8-17(14-24(32)33)13-19(21)10-12-30-25(18-5-2-1-3-6-18)20-15-23-22(31-16-20)7-4-11-29-23/h1-9,11,13,20,25-26,30-31H,10,12,14-16H2,(H,32,33)/t20-,25-/m1/s1. The Morgan fingerprint density at radius 2 is 1.97 bits per heavy atom. The molecule has 0 saturated heterocycles. The lowest BCUT2D eigenvalue weighted by Gasteiger charge is -2.33. The minimum absolute atomic E-state index is 0.0195. The van der Waals surface area contributed by atoms with Crippen molar-refractivity contribution in [3.05, 3.63) is 94.8 Å². The van der Waals surface area contributed by atoms with Gasteiger partial charge in [-0.25, -0.2) is 8.78 Å². The monoisotopic (exact) mass is 451 g/mol. The Morgan fingerprint density at radius 1 is 1.15 bits per heavy atom. The average molecular weight is 452 g/mol. The Labute approximate surface area is 191 Å². The summed E-state index contributed by atoms with van der Waals surface area (Å²) in [5.74, 6) is -0.741. The molecule has 0 radical (unpaired) electrons. The largest absolute Gasteiger partial charge is 0.481 e. The zero-order valence-electron chi connectivity index (χ0n) is 18.2. The van der Waals surface area contributed by atoms with Gasteiger partial charge in [-0.15, -0.1) is 0 Å². The van der Waals surface area contributed by atoms with Gasteiger partial charge in [0.05, 0.1) is 17.8 Å². The van der Waals surface area contributed by atoms with Crippen molar-refractivity contribution in [3.8, 4) is 0 Å². The Kier molecular flexibility index (Phi) is 7.29. The molecular weight excluding hydrogens is 424 g/mol. The quantitative estimate of drug-likeness (QED) is 0.436. The van der Waals surface area contributed by atoms with Gasteiger partial charge in [-0.3, -0.25) is 9.78 Å². The number of pyridine rings is 1. The molecule has 0 bridgehead atoms. The number of nitrogens with zero attached hydrogens (tertiary/aromatic N) is 1. The van der Waals surface area contributed by atoms with E-state index in [0.717, 1.165) is 29.9 Å². The summed E-state index contributed by atoms with van der Waals surface area (Å²) in [6, 6.07) is 18.5. The lowest BCUT2D eigenvalue weighted by molar-refractivity contribution is -0.136. The Hall–Kier alpha value is -3.32. The minimum Gasteiger partial charge on any atom is -0.481 e. The number of halogens is 2. The third-order valence-electron chi connectivity index (χ3n) is 6.09. The number of hydrogen-bond acceptors (Lipinski definition) is 4. The first-order chi connectivity index (χ1) is 16.0. The number of fused-ring (bicyclic) bond motifs is 1. The lowest BCUT2D eigenvalue weighted by atomic mass is 9.86. The van der Waals surface area contributed by atoms with Crippen LogP contribution in [0, 0.1) is 5.92 Å². The van der Waals surface area contributed by atoms with Crippen LogP contribution >= 0.6 is 0 Å². The van der Waals surface area contributed by atoms with Crippen LogP contribution in [0.3, 0.4) is 0 Å². The summed E-state index contributed by atoms with van der Waals surface area (Å²) in [7, 11) is 0. The van der Waals surface area contributed by atoms with Crippen molar-refractivity contribution in [2.24, 2.45) is 5.92 Å². The molecule has 3 N–H and O–H groups in total. The number of benzene rings is 2. The summed E-state index contributed by atoms with van der Waals surface area (Å²) >= 11 is 0. The van der Waals surface area contributed by atoms with Crippen LogP contribution in [0.1, 0.15) is 40.4 Å². The fraction of sp³-hybridized carbons (Fsp3) is 0.308. The summed E-state index contributed by atoms with van der Waals surface area (Å²) in [5, 5.41) is 16.1. The average Bonchev–Trinajstić information content (AvgIpc) is 2.81. The van der Waals surface area contributed by atoms with Crippen molar-refractivity contribution >= 4 is 11.7 Å². The molecule has 0 unspecified atom stereocenters. The summed E-state index contributed by atoms with van der Waals surface area (Å²) < 4.78 is 27.1. The van der Waals surface area contributed by atoms with E-state index in [2.05, 4.69) is 27.8 Å². The molecule has 0 saturated carbocycles.